The highest BCUT2D eigenvalue weighted by atomic mass is 19.4. The lowest BCUT2D eigenvalue weighted by molar-refractivity contribution is -0.137. The van der Waals surface area contributed by atoms with Crippen LogP contribution in [-0.2, 0) is 19.2 Å². The van der Waals surface area contributed by atoms with E-state index in [0.29, 0.717) is 17.1 Å². The Balaban J connectivity index is 2.15. The maximum Gasteiger partial charge on any atom is 0.416 e. The van der Waals surface area contributed by atoms with Gasteiger partial charge in [0.25, 0.3) is 0 Å². The molecule has 2 aromatic carbocycles. The summed E-state index contributed by atoms with van der Waals surface area (Å²) in [6.07, 6.45) is -2.62. The first kappa shape index (κ1) is 20.1. The Morgan fingerprint density at radius 3 is 2.42 bits per heavy atom. The highest BCUT2D eigenvalue weighted by Gasteiger charge is 2.30. The van der Waals surface area contributed by atoms with Gasteiger partial charge in [-0.1, -0.05) is 24.3 Å². The minimum Gasteiger partial charge on any atom is -0.493 e. The van der Waals surface area contributed by atoms with Gasteiger partial charge >= 0.3 is 6.18 Å². The molecule has 0 aliphatic rings. The molecule has 0 aliphatic heterocycles. The first-order valence-electron chi connectivity index (χ1n) is 8.41. The first-order valence-corrected chi connectivity index (χ1v) is 8.41. The fourth-order valence-corrected chi connectivity index (χ4v) is 2.66. The number of nitrogens with zero attached hydrogens (tertiary/aromatic N) is 1. The zero-order valence-corrected chi connectivity index (χ0v) is 15.3. The molecule has 142 valence electrons. The minimum atomic E-state index is -4.36. The van der Waals surface area contributed by atoms with Crippen molar-refractivity contribution in [1.82, 2.24) is 4.90 Å². The van der Waals surface area contributed by atoms with Crippen molar-refractivity contribution in [3.8, 4) is 11.5 Å². The Morgan fingerprint density at radius 2 is 1.77 bits per heavy atom. The smallest absolute Gasteiger partial charge is 0.416 e. The lowest BCUT2D eigenvalue weighted by Gasteiger charge is -2.16. The molecule has 0 heterocycles. The van der Waals surface area contributed by atoms with Crippen LogP contribution in [0.5, 0.6) is 11.5 Å². The predicted octanol–water partition coefficient (Wildman–Crippen LogP) is 4.79. The third kappa shape index (κ3) is 5.66. The van der Waals surface area contributed by atoms with Gasteiger partial charge in [0.05, 0.1) is 12.7 Å². The average Bonchev–Trinajstić information content (AvgIpc) is 2.59. The first-order chi connectivity index (χ1) is 12.3. The molecular weight excluding hydrogens is 343 g/mol. The Bertz CT molecular complexity index is 714. The van der Waals surface area contributed by atoms with Crippen LogP contribution in [0.25, 0.3) is 0 Å². The molecule has 0 atom stereocenters. The molecular formula is C20H24F3NO2. The molecule has 26 heavy (non-hydrogen) atoms. The van der Waals surface area contributed by atoms with Crippen molar-refractivity contribution in [1.29, 1.82) is 0 Å². The second-order valence-electron chi connectivity index (χ2n) is 6.34. The summed E-state index contributed by atoms with van der Waals surface area (Å²) in [5.41, 5.74) is 0.771. The SMILES string of the molecule is COc1cccc(CCCN(C)C)c1OCc1cccc(C(F)(F)F)c1. The number of hydrogen-bond donors (Lipinski definition) is 0. The summed E-state index contributed by atoms with van der Waals surface area (Å²) in [6, 6.07) is 10.8. The summed E-state index contributed by atoms with van der Waals surface area (Å²) in [6.45, 7) is 0.981. The molecule has 0 fully saturated rings. The molecule has 2 rings (SSSR count). The standard InChI is InChI=1S/C20H24F3NO2/c1-24(2)12-6-9-16-8-5-11-18(25-3)19(16)26-14-15-7-4-10-17(13-15)20(21,22)23/h4-5,7-8,10-11,13H,6,9,12,14H2,1-3H3. The van der Waals surface area contributed by atoms with Gasteiger partial charge < -0.3 is 14.4 Å². The van der Waals surface area contributed by atoms with Gasteiger partial charge in [0.15, 0.2) is 11.5 Å². The van der Waals surface area contributed by atoms with Crippen LogP contribution in [0.15, 0.2) is 42.5 Å². The Kier molecular flexibility index (Phi) is 6.91. The fourth-order valence-electron chi connectivity index (χ4n) is 2.66. The molecule has 2 aromatic rings. The lowest BCUT2D eigenvalue weighted by atomic mass is 10.1. The van der Waals surface area contributed by atoms with Crippen LogP contribution < -0.4 is 9.47 Å². The van der Waals surface area contributed by atoms with E-state index < -0.39 is 11.7 Å². The van der Waals surface area contributed by atoms with Gasteiger partial charge in [0, 0.05) is 0 Å². The summed E-state index contributed by atoms with van der Waals surface area (Å²) in [5.74, 6) is 1.17. The number of halogens is 3. The van der Waals surface area contributed by atoms with Gasteiger partial charge in [-0.3, -0.25) is 0 Å². The Hall–Kier alpha value is -2.21. The van der Waals surface area contributed by atoms with Crippen molar-refractivity contribution >= 4 is 0 Å². The van der Waals surface area contributed by atoms with Crippen LogP contribution in [0.3, 0.4) is 0 Å². The number of para-hydroxylation sites is 1. The van der Waals surface area contributed by atoms with E-state index in [4.69, 9.17) is 9.47 Å². The molecule has 0 bridgehead atoms. The van der Waals surface area contributed by atoms with E-state index in [1.54, 1.807) is 19.2 Å². The second kappa shape index (κ2) is 8.94. The highest BCUT2D eigenvalue weighted by molar-refractivity contribution is 5.47. The molecule has 3 nitrogen and oxygen atoms in total. The molecule has 0 N–H and O–H groups in total. The summed E-state index contributed by atoms with van der Waals surface area (Å²) in [4.78, 5) is 2.10. The topological polar surface area (TPSA) is 21.7 Å². The number of ether oxygens (including phenoxy) is 2. The minimum absolute atomic E-state index is 0.0466. The third-order valence-electron chi connectivity index (χ3n) is 3.97. The third-order valence-corrected chi connectivity index (χ3v) is 3.97. The van der Waals surface area contributed by atoms with E-state index >= 15 is 0 Å². The van der Waals surface area contributed by atoms with Crippen LogP contribution in [0.1, 0.15) is 23.1 Å². The zero-order valence-electron chi connectivity index (χ0n) is 15.3. The predicted molar refractivity (Wildman–Crippen MR) is 95.6 cm³/mol. The maximum absolute atomic E-state index is 12.9. The number of hydrogen-bond acceptors (Lipinski definition) is 3. The van der Waals surface area contributed by atoms with E-state index in [-0.39, 0.29) is 6.61 Å². The lowest BCUT2D eigenvalue weighted by Crippen LogP contribution is -2.13. The van der Waals surface area contributed by atoms with Crippen molar-refractivity contribution in [2.45, 2.75) is 25.6 Å². The molecule has 0 saturated carbocycles. The number of rotatable bonds is 8. The summed E-state index contributed by atoms with van der Waals surface area (Å²) in [7, 11) is 5.57. The molecule has 0 unspecified atom stereocenters. The molecule has 0 spiro atoms. The Labute approximate surface area is 152 Å². The van der Waals surface area contributed by atoms with Gasteiger partial charge in [0.1, 0.15) is 6.61 Å². The normalized spacial score (nSPS) is 11.7. The van der Waals surface area contributed by atoms with E-state index in [0.717, 1.165) is 37.1 Å². The van der Waals surface area contributed by atoms with Crippen molar-refractivity contribution in [3.63, 3.8) is 0 Å². The largest absolute Gasteiger partial charge is 0.493 e. The molecule has 0 radical (unpaired) electrons. The Morgan fingerprint density at radius 1 is 1.04 bits per heavy atom. The molecule has 0 aliphatic carbocycles. The van der Waals surface area contributed by atoms with E-state index in [9.17, 15) is 13.2 Å². The average molecular weight is 367 g/mol. The van der Waals surface area contributed by atoms with Crippen LogP contribution in [0.4, 0.5) is 13.2 Å². The van der Waals surface area contributed by atoms with Crippen LogP contribution in [0.2, 0.25) is 0 Å². The molecule has 6 heteroatoms. The van der Waals surface area contributed by atoms with E-state index in [2.05, 4.69) is 4.90 Å². The van der Waals surface area contributed by atoms with E-state index in [1.165, 1.54) is 6.07 Å². The van der Waals surface area contributed by atoms with Gasteiger partial charge in [-0.15, -0.1) is 0 Å². The number of methoxy groups -OCH3 is 1. The number of benzene rings is 2. The monoisotopic (exact) mass is 367 g/mol. The number of alkyl halides is 3. The summed E-state index contributed by atoms with van der Waals surface area (Å²) < 4.78 is 49.8. The summed E-state index contributed by atoms with van der Waals surface area (Å²) in [5, 5.41) is 0. The number of aryl methyl sites for hydroxylation is 1. The van der Waals surface area contributed by atoms with Crippen LogP contribution in [-0.4, -0.2) is 32.6 Å². The maximum atomic E-state index is 12.9. The second-order valence-corrected chi connectivity index (χ2v) is 6.34. The van der Waals surface area contributed by atoms with Gasteiger partial charge in [-0.2, -0.15) is 13.2 Å². The molecule has 0 aromatic heterocycles. The van der Waals surface area contributed by atoms with Gasteiger partial charge in [0.2, 0.25) is 0 Å². The zero-order chi connectivity index (χ0) is 19.2. The molecule has 0 amide bonds. The fraction of sp³-hybridized carbons (Fsp3) is 0.400. The van der Waals surface area contributed by atoms with E-state index in [1.807, 2.05) is 26.2 Å². The highest BCUT2D eigenvalue weighted by Crippen LogP contribution is 2.33. The van der Waals surface area contributed by atoms with Gasteiger partial charge in [-0.25, -0.2) is 0 Å². The van der Waals surface area contributed by atoms with Crippen molar-refractivity contribution < 1.29 is 22.6 Å². The van der Waals surface area contributed by atoms with Gasteiger partial charge in [-0.05, 0) is 62.8 Å². The molecule has 0 saturated heterocycles. The summed E-state index contributed by atoms with van der Waals surface area (Å²) >= 11 is 0. The van der Waals surface area contributed by atoms with Crippen LogP contribution in [0, 0.1) is 0 Å². The van der Waals surface area contributed by atoms with Crippen LogP contribution >= 0.6 is 0 Å². The quantitative estimate of drug-likeness (QED) is 0.670. The van der Waals surface area contributed by atoms with Crippen molar-refractivity contribution in [2.24, 2.45) is 0 Å². The van der Waals surface area contributed by atoms with Crippen molar-refractivity contribution in [2.75, 3.05) is 27.7 Å². The van der Waals surface area contributed by atoms with Crippen molar-refractivity contribution in [3.05, 3.63) is 59.2 Å².